The van der Waals surface area contributed by atoms with Crippen molar-refractivity contribution in [1.29, 1.82) is 0 Å². The summed E-state index contributed by atoms with van der Waals surface area (Å²) < 4.78 is 0. The van der Waals surface area contributed by atoms with Gasteiger partial charge in [-0.1, -0.05) is 49.2 Å². The van der Waals surface area contributed by atoms with Gasteiger partial charge in [0.15, 0.2) is 0 Å². The number of rotatable bonds is 5. The van der Waals surface area contributed by atoms with Gasteiger partial charge < -0.3 is 5.32 Å². The van der Waals surface area contributed by atoms with Crippen LogP contribution >= 0.6 is 11.6 Å². The molecule has 2 nitrogen and oxygen atoms in total. The van der Waals surface area contributed by atoms with Crippen LogP contribution in [0.4, 0.5) is 0 Å². The molecule has 0 aromatic heterocycles. The Labute approximate surface area is 132 Å². The van der Waals surface area contributed by atoms with E-state index in [9.17, 15) is 4.79 Å². The van der Waals surface area contributed by atoms with Gasteiger partial charge in [-0.2, -0.15) is 0 Å². The van der Waals surface area contributed by atoms with Gasteiger partial charge in [0.05, 0.1) is 5.92 Å². The number of allylic oxidation sites excluding steroid dienone is 2. The van der Waals surface area contributed by atoms with Crippen molar-refractivity contribution in [3.05, 3.63) is 46.5 Å². The van der Waals surface area contributed by atoms with Crippen molar-refractivity contribution >= 4 is 17.5 Å². The minimum absolute atomic E-state index is 0.0849. The quantitative estimate of drug-likeness (QED) is 0.810. The zero-order chi connectivity index (χ0) is 15.6. The molecule has 2 atom stereocenters. The van der Waals surface area contributed by atoms with E-state index >= 15 is 0 Å². The van der Waals surface area contributed by atoms with E-state index in [1.807, 2.05) is 24.3 Å². The second kappa shape index (κ2) is 6.23. The molecule has 1 aromatic rings. The van der Waals surface area contributed by atoms with E-state index in [0.717, 1.165) is 11.4 Å². The van der Waals surface area contributed by atoms with Gasteiger partial charge in [0.25, 0.3) is 0 Å². The van der Waals surface area contributed by atoms with Crippen LogP contribution in [0.5, 0.6) is 0 Å². The predicted octanol–water partition coefficient (Wildman–Crippen LogP) is 4.24. The number of benzene rings is 1. The van der Waals surface area contributed by atoms with Crippen LogP contribution in [-0.4, -0.2) is 12.5 Å². The molecule has 1 N–H and O–H groups in total. The van der Waals surface area contributed by atoms with Crippen molar-refractivity contribution in [1.82, 2.24) is 5.32 Å². The van der Waals surface area contributed by atoms with E-state index in [1.54, 1.807) is 0 Å². The monoisotopic (exact) mass is 305 g/mol. The van der Waals surface area contributed by atoms with Crippen molar-refractivity contribution in [2.45, 2.75) is 34.1 Å². The largest absolute Gasteiger partial charge is 0.355 e. The van der Waals surface area contributed by atoms with E-state index in [4.69, 9.17) is 11.6 Å². The molecule has 0 spiro atoms. The summed E-state index contributed by atoms with van der Waals surface area (Å²) in [6.45, 7) is 9.18. The van der Waals surface area contributed by atoms with Gasteiger partial charge in [-0.25, -0.2) is 0 Å². The highest BCUT2D eigenvalue weighted by Gasteiger charge is 2.60. The number of nitrogens with one attached hydrogen (secondary N) is 1. The average molecular weight is 306 g/mol. The molecular formula is C18H24ClNO. The van der Waals surface area contributed by atoms with E-state index in [-0.39, 0.29) is 17.2 Å². The first-order chi connectivity index (χ1) is 9.82. The fourth-order valence-electron chi connectivity index (χ4n) is 2.94. The van der Waals surface area contributed by atoms with Crippen LogP contribution in [0.15, 0.2) is 35.9 Å². The Morgan fingerprint density at radius 3 is 2.48 bits per heavy atom. The lowest BCUT2D eigenvalue weighted by Gasteiger charge is -2.06. The zero-order valence-electron chi connectivity index (χ0n) is 13.2. The fraction of sp³-hybridized carbons (Fsp3) is 0.500. The van der Waals surface area contributed by atoms with Crippen LogP contribution in [0.2, 0.25) is 5.02 Å². The molecule has 0 saturated heterocycles. The first-order valence-electron chi connectivity index (χ1n) is 7.49. The third-order valence-electron chi connectivity index (χ3n) is 4.33. The molecule has 0 aliphatic heterocycles. The highest BCUT2D eigenvalue weighted by molar-refractivity contribution is 6.30. The molecular weight excluding hydrogens is 282 g/mol. The predicted molar refractivity (Wildman–Crippen MR) is 88.4 cm³/mol. The summed E-state index contributed by atoms with van der Waals surface area (Å²) in [6.07, 6.45) is 3.06. The maximum atomic E-state index is 12.3. The summed E-state index contributed by atoms with van der Waals surface area (Å²) in [5, 5.41) is 3.81. The molecule has 2 rings (SSSR count). The zero-order valence-corrected chi connectivity index (χ0v) is 14.0. The topological polar surface area (TPSA) is 29.1 Å². The van der Waals surface area contributed by atoms with Crippen molar-refractivity contribution in [3.63, 3.8) is 0 Å². The van der Waals surface area contributed by atoms with Gasteiger partial charge in [-0.15, -0.1) is 0 Å². The lowest BCUT2D eigenvalue weighted by molar-refractivity contribution is -0.123. The lowest BCUT2D eigenvalue weighted by Crippen LogP contribution is -2.28. The number of hydrogen-bond donors (Lipinski definition) is 1. The molecule has 1 amide bonds. The number of hydrogen-bond acceptors (Lipinski definition) is 1. The molecule has 0 unspecified atom stereocenters. The fourth-order valence-corrected chi connectivity index (χ4v) is 3.07. The van der Waals surface area contributed by atoms with E-state index in [0.29, 0.717) is 12.5 Å². The van der Waals surface area contributed by atoms with Crippen molar-refractivity contribution in [2.24, 2.45) is 17.3 Å². The van der Waals surface area contributed by atoms with Gasteiger partial charge >= 0.3 is 0 Å². The highest BCUT2D eigenvalue weighted by atomic mass is 35.5. The number of amides is 1. The Hall–Kier alpha value is -1.28. The molecule has 1 fully saturated rings. The number of carbonyl (C=O) groups is 1. The minimum atomic E-state index is 0.0849. The normalized spacial score (nSPS) is 22.5. The first kappa shape index (κ1) is 16.1. The summed E-state index contributed by atoms with van der Waals surface area (Å²) in [5.74, 6) is 0.659. The highest BCUT2D eigenvalue weighted by Crippen LogP contribution is 2.59. The molecule has 1 aliphatic carbocycles. The summed E-state index contributed by atoms with van der Waals surface area (Å²) in [6, 6.07) is 7.77. The van der Waals surface area contributed by atoms with Crippen LogP contribution in [0.1, 0.15) is 33.3 Å². The van der Waals surface area contributed by atoms with E-state index in [2.05, 4.69) is 39.1 Å². The number of halogens is 1. The van der Waals surface area contributed by atoms with Gasteiger partial charge in [0, 0.05) is 11.6 Å². The summed E-state index contributed by atoms with van der Waals surface area (Å²) in [7, 11) is 0. The SMILES string of the molecule is CC(C)=C[C@@H]1[C@@H](C(=O)NCCc2ccc(Cl)cc2)C1(C)C. The van der Waals surface area contributed by atoms with E-state index < -0.39 is 0 Å². The van der Waals surface area contributed by atoms with Gasteiger partial charge in [0.1, 0.15) is 0 Å². The molecule has 1 saturated carbocycles. The summed E-state index contributed by atoms with van der Waals surface area (Å²) in [4.78, 5) is 12.3. The Kier molecular flexibility index (Phi) is 4.77. The standard InChI is InChI=1S/C18H24ClNO/c1-12(2)11-15-16(18(15,3)4)17(21)20-10-9-13-5-7-14(19)8-6-13/h5-8,11,15-16H,9-10H2,1-4H3,(H,20,21)/t15-,16+/m1/s1. The van der Waals surface area contributed by atoms with Crippen LogP contribution in [0.3, 0.4) is 0 Å². The lowest BCUT2D eigenvalue weighted by atomic mass is 10.1. The van der Waals surface area contributed by atoms with Crippen molar-refractivity contribution in [3.8, 4) is 0 Å². The Morgan fingerprint density at radius 1 is 1.29 bits per heavy atom. The maximum absolute atomic E-state index is 12.3. The van der Waals surface area contributed by atoms with Gasteiger partial charge in [0.2, 0.25) is 5.91 Å². The third-order valence-corrected chi connectivity index (χ3v) is 4.58. The molecule has 3 heteroatoms. The van der Waals surface area contributed by atoms with Crippen LogP contribution in [-0.2, 0) is 11.2 Å². The van der Waals surface area contributed by atoms with Gasteiger partial charge in [-0.3, -0.25) is 4.79 Å². The Bertz CT molecular complexity index is 541. The van der Waals surface area contributed by atoms with E-state index in [1.165, 1.54) is 11.1 Å². The molecule has 0 radical (unpaired) electrons. The second-order valence-electron chi connectivity index (χ2n) is 6.74. The van der Waals surface area contributed by atoms with Crippen molar-refractivity contribution < 1.29 is 4.79 Å². The second-order valence-corrected chi connectivity index (χ2v) is 7.17. The summed E-state index contributed by atoms with van der Waals surface area (Å²) >= 11 is 5.86. The smallest absolute Gasteiger partial charge is 0.224 e. The molecule has 1 aliphatic rings. The molecule has 0 bridgehead atoms. The molecule has 0 heterocycles. The molecule has 1 aromatic carbocycles. The molecule has 114 valence electrons. The minimum Gasteiger partial charge on any atom is -0.355 e. The maximum Gasteiger partial charge on any atom is 0.224 e. The Balaban J connectivity index is 1.83. The van der Waals surface area contributed by atoms with Crippen LogP contribution in [0.25, 0.3) is 0 Å². The Morgan fingerprint density at radius 2 is 1.90 bits per heavy atom. The average Bonchev–Trinajstić information content (AvgIpc) is 2.92. The number of carbonyl (C=O) groups excluding carboxylic acids is 1. The van der Waals surface area contributed by atoms with Crippen LogP contribution < -0.4 is 5.32 Å². The summed E-state index contributed by atoms with van der Waals surface area (Å²) in [5.41, 5.74) is 2.56. The molecule has 21 heavy (non-hydrogen) atoms. The third kappa shape index (κ3) is 3.88. The van der Waals surface area contributed by atoms with Crippen molar-refractivity contribution in [2.75, 3.05) is 6.54 Å². The van der Waals surface area contributed by atoms with Gasteiger partial charge in [-0.05, 0) is 49.3 Å². The van der Waals surface area contributed by atoms with Crippen LogP contribution in [0, 0.1) is 17.3 Å². The first-order valence-corrected chi connectivity index (χ1v) is 7.87.